The monoisotopic (exact) mass is 276 g/mol. The van der Waals surface area contributed by atoms with Crippen molar-refractivity contribution in [2.45, 2.75) is 52.1 Å². The van der Waals surface area contributed by atoms with Crippen LogP contribution in [0.1, 0.15) is 45.6 Å². The molecule has 3 nitrogen and oxygen atoms in total. The summed E-state index contributed by atoms with van der Waals surface area (Å²) >= 11 is 0. The van der Waals surface area contributed by atoms with Crippen LogP contribution in [-0.2, 0) is 6.54 Å². The zero-order valence-corrected chi connectivity index (χ0v) is 13.3. The van der Waals surface area contributed by atoms with Gasteiger partial charge >= 0.3 is 0 Å². The standard InChI is InChI=1S/C17H28N2O/c1-5-6-7-10-19-13-17(2,3)18-12-14-8-9-15(20-4)11-16(14)19/h8-9,11,18H,5-7,10,12-13H2,1-4H3. The minimum atomic E-state index is 0.137. The van der Waals surface area contributed by atoms with Crippen molar-refractivity contribution in [2.24, 2.45) is 0 Å². The highest BCUT2D eigenvalue weighted by Gasteiger charge is 2.26. The van der Waals surface area contributed by atoms with Crippen molar-refractivity contribution in [1.82, 2.24) is 5.32 Å². The van der Waals surface area contributed by atoms with Gasteiger partial charge in [-0.05, 0) is 31.9 Å². The summed E-state index contributed by atoms with van der Waals surface area (Å²) in [6.45, 7) is 9.91. The maximum atomic E-state index is 5.40. The molecule has 1 aliphatic heterocycles. The van der Waals surface area contributed by atoms with E-state index in [-0.39, 0.29) is 5.54 Å². The predicted molar refractivity (Wildman–Crippen MR) is 85.7 cm³/mol. The minimum Gasteiger partial charge on any atom is -0.497 e. The number of methoxy groups -OCH3 is 1. The molecular formula is C17H28N2O. The Bertz CT molecular complexity index is 443. The Hall–Kier alpha value is -1.22. The summed E-state index contributed by atoms with van der Waals surface area (Å²) in [6.07, 6.45) is 3.81. The molecule has 0 unspecified atom stereocenters. The van der Waals surface area contributed by atoms with Crippen LogP contribution in [0.5, 0.6) is 5.75 Å². The Morgan fingerprint density at radius 1 is 1.30 bits per heavy atom. The van der Waals surface area contributed by atoms with E-state index in [4.69, 9.17) is 4.74 Å². The largest absolute Gasteiger partial charge is 0.497 e. The molecule has 1 aromatic carbocycles. The summed E-state index contributed by atoms with van der Waals surface area (Å²) in [7, 11) is 1.74. The third-order valence-corrected chi connectivity index (χ3v) is 4.01. The fourth-order valence-electron chi connectivity index (χ4n) is 2.82. The highest BCUT2D eigenvalue weighted by atomic mass is 16.5. The van der Waals surface area contributed by atoms with Crippen LogP contribution < -0.4 is 15.0 Å². The zero-order chi connectivity index (χ0) is 14.6. The second kappa shape index (κ2) is 6.49. The van der Waals surface area contributed by atoms with Gasteiger partial charge in [-0.2, -0.15) is 0 Å². The lowest BCUT2D eigenvalue weighted by Crippen LogP contribution is -2.47. The van der Waals surface area contributed by atoms with Crippen molar-refractivity contribution in [2.75, 3.05) is 25.1 Å². The fraction of sp³-hybridized carbons (Fsp3) is 0.647. The summed E-state index contributed by atoms with van der Waals surface area (Å²) in [5.41, 5.74) is 2.84. The van der Waals surface area contributed by atoms with Gasteiger partial charge in [0.2, 0.25) is 0 Å². The van der Waals surface area contributed by atoms with Crippen molar-refractivity contribution in [3.05, 3.63) is 23.8 Å². The first-order chi connectivity index (χ1) is 9.55. The second-order valence-electron chi connectivity index (χ2n) is 6.36. The molecule has 0 aromatic heterocycles. The highest BCUT2D eigenvalue weighted by Crippen LogP contribution is 2.30. The van der Waals surface area contributed by atoms with E-state index in [0.29, 0.717) is 0 Å². The van der Waals surface area contributed by atoms with E-state index in [1.807, 2.05) is 0 Å². The van der Waals surface area contributed by atoms with Crippen LogP contribution in [0.15, 0.2) is 18.2 Å². The van der Waals surface area contributed by atoms with Crippen molar-refractivity contribution in [3.63, 3.8) is 0 Å². The maximum Gasteiger partial charge on any atom is 0.120 e. The van der Waals surface area contributed by atoms with Gasteiger partial charge in [0, 0.05) is 36.9 Å². The molecule has 0 fully saturated rings. The van der Waals surface area contributed by atoms with Gasteiger partial charge in [-0.3, -0.25) is 0 Å². The molecular weight excluding hydrogens is 248 g/mol. The molecule has 0 bridgehead atoms. The van der Waals surface area contributed by atoms with E-state index in [9.17, 15) is 0 Å². The first-order valence-corrected chi connectivity index (χ1v) is 7.72. The number of nitrogens with zero attached hydrogens (tertiary/aromatic N) is 1. The third-order valence-electron chi connectivity index (χ3n) is 4.01. The van der Waals surface area contributed by atoms with Gasteiger partial charge in [0.25, 0.3) is 0 Å². The molecule has 0 saturated carbocycles. The van der Waals surface area contributed by atoms with Crippen molar-refractivity contribution < 1.29 is 4.74 Å². The molecule has 1 heterocycles. The number of ether oxygens (including phenoxy) is 1. The molecule has 3 heteroatoms. The molecule has 1 aromatic rings. The Morgan fingerprint density at radius 3 is 2.80 bits per heavy atom. The Morgan fingerprint density at radius 2 is 2.10 bits per heavy atom. The summed E-state index contributed by atoms with van der Waals surface area (Å²) in [6, 6.07) is 6.43. The van der Waals surface area contributed by atoms with Gasteiger partial charge in [0.15, 0.2) is 0 Å². The van der Waals surface area contributed by atoms with E-state index in [2.05, 4.69) is 49.2 Å². The van der Waals surface area contributed by atoms with E-state index < -0.39 is 0 Å². The average Bonchev–Trinajstić information content (AvgIpc) is 2.56. The SMILES string of the molecule is CCCCCN1CC(C)(C)NCc2ccc(OC)cc21. The van der Waals surface area contributed by atoms with Crippen LogP contribution >= 0.6 is 0 Å². The van der Waals surface area contributed by atoms with Gasteiger partial charge in [0.1, 0.15) is 5.75 Å². The van der Waals surface area contributed by atoms with Gasteiger partial charge < -0.3 is 15.0 Å². The normalized spacial score (nSPS) is 17.5. The van der Waals surface area contributed by atoms with Crippen molar-refractivity contribution in [1.29, 1.82) is 0 Å². The number of fused-ring (bicyclic) bond motifs is 1. The summed E-state index contributed by atoms with van der Waals surface area (Å²) in [5, 5.41) is 3.65. The van der Waals surface area contributed by atoms with Gasteiger partial charge in [0.05, 0.1) is 7.11 Å². The highest BCUT2D eigenvalue weighted by molar-refractivity contribution is 5.58. The Kier molecular flexibility index (Phi) is 4.92. The van der Waals surface area contributed by atoms with Gasteiger partial charge in [-0.15, -0.1) is 0 Å². The summed E-state index contributed by atoms with van der Waals surface area (Å²) in [5.74, 6) is 0.948. The van der Waals surface area contributed by atoms with E-state index in [1.165, 1.54) is 30.5 Å². The molecule has 1 N–H and O–H groups in total. The molecule has 0 saturated heterocycles. The smallest absolute Gasteiger partial charge is 0.120 e. The van der Waals surface area contributed by atoms with Crippen LogP contribution in [-0.4, -0.2) is 25.7 Å². The second-order valence-corrected chi connectivity index (χ2v) is 6.36. The van der Waals surface area contributed by atoms with Crippen molar-refractivity contribution in [3.8, 4) is 5.75 Å². The lowest BCUT2D eigenvalue weighted by Gasteiger charge is -2.32. The Balaban J connectivity index is 2.26. The maximum absolute atomic E-state index is 5.40. The quantitative estimate of drug-likeness (QED) is 0.832. The van der Waals surface area contributed by atoms with Crippen LogP contribution in [0.25, 0.3) is 0 Å². The van der Waals surface area contributed by atoms with Crippen LogP contribution in [0.3, 0.4) is 0 Å². The molecule has 0 atom stereocenters. The number of nitrogens with one attached hydrogen (secondary N) is 1. The number of hydrogen-bond acceptors (Lipinski definition) is 3. The first-order valence-electron chi connectivity index (χ1n) is 7.72. The predicted octanol–water partition coefficient (Wildman–Crippen LogP) is 3.57. The molecule has 2 rings (SSSR count). The summed E-state index contributed by atoms with van der Waals surface area (Å²) < 4.78 is 5.40. The number of unbranched alkanes of at least 4 members (excludes halogenated alkanes) is 2. The molecule has 0 amide bonds. The molecule has 1 aliphatic rings. The van der Waals surface area contributed by atoms with Crippen LogP contribution in [0.2, 0.25) is 0 Å². The summed E-state index contributed by atoms with van der Waals surface area (Å²) in [4.78, 5) is 2.52. The zero-order valence-electron chi connectivity index (χ0n) is 13.3. The number of hydrogen-bond donors (Lipinski definition) is 1. The lowest BCUT2D eigenvalue weighted by atomic mass is 10.1. The molecule has 20 heavy (non-hydrogen) atoms. The number of benzene rings is 1. The van der Waals surface area contributed by atoms with E-state index >= 15 is 0 Å². The number of anilines is 1. The third kappa shape index (κ3) is 3.66. The minimum absolute atomic E-state index is 0.137. The molecule has 112 valence electrons. The number of rotatable bonds is 5. The molecule has 0 radical (unpaired) electrons. The first kappa shape index (κ1) is 15.2. The van der Waals surface area contributed by atoms with Crippen molar-refractivity contribution >= 4 is 5.69 Å². The van der Waals surface area contributed by atoms with Gasteiger partial charge in [-0.1, -0.05) is 25.8 Å². The van der Waals surface area contributed by atoms with E-state index in [0.717, 1.165) is 25.4 Å². The van der Waals surface area contributed by atoms with Crippen LogP contribution in [0, 0.1) is 0 Å². The molecule has 0 spiro atoms. The Labute approximate surface area is 123 Å². The van der Waals surface area contributed by atoms with Crippen LogP contribution in [0.4, 0.5) is 5.69 Å². The average molecular weight is 276 g/mol. The van der Waals surface area contributed by atoms with Gasteiger partial charge in [-0.25, -0.2) is 0 Å². The topological polar surface area (TPSA) is 24.5 Å². The van der Waals surface area contributed by atoms with E-state index in [1.54, 1.807) is 7.11 Å². The lowest BCUT2D eigenvalue weighted by molar-refractivity contribution is 0.394. The fourth-order valence-corrected chi connectivity index (χ4v) is 2.82. The molecule has 0 aliphatic carbocycles.